The summed E-state index contributed by atoms with van der Waals surface area (Å²) in [6, 6.07) is 0. The Labute approximate surface area is 91.3 Å². The molecule has 1 heterocycles. The molecule has 0 saturated carbocycles. The minimum Gasteiger partial charge on any atom is -0.371 e. The largest absolute Gasteiger partial charge is 0.371 e. The molecule has 1 atom stereocenters. The molecular formula is C12H20N2O. The van der Waals surface area contributed by atoms with Crippen molar-refractivity contribution in [1.82, 2.24) is 9.97 Å². The molecule has 1 aliphatic rings. The van der Waals surface area contributed by atoms with Gasteiger partial charge in [0.2, 0.25) is 0 Å². The topological polar surface area (TPSA) is 37.9 Å². The van der Waals surface area contributed by atoms with Gasteiger partial charge in [-0.2, -0.15) is 0 Å². The maximum atomic E-state index is 5.56. The number of nitrogens with one attached hydrogen (secondary N) is 1. The van der Waals surface area contributed by atoms with Gasteiger partial charge < -0.3 is 9.72 Å². The Bertz CT molecular complexity index is 316. The number of methoxy groups -OCH3 is 1. The van der Waals surface area contributed by atoms with Crippen molar-refractivity contribution in [3.05, 3.63) is 17.2 Å². The lowest BCUT2D eigenvalue weighted by Crippen LogP contribution is -2.24. The van der Waals surface area contributed by atoms with Crippen molar-refractivity contribution < 1.29 is 4.74 Å². The molecule has 1 aromatic rings. The third-order valence-electron chi connectivity index (χ3n) is 3.58. The van der Waals surface area contributed by atoms with Gasteiger partial charge in [0.25, 0.3) is 0 Å². The van der Waals surface area contributed by atoms with Gasteiger partial charge in [0.1, 0.15) is 11.4 Å². The van der Waals surface area contributed by atoms with Gasteiger partial charge in [-0.25, -0.2) is 4.98 Å². The molecule has 0 spiro atoms. The first-order valence-electron chi connectivity index (χ1n) is 5.83. The zero-order valence-corrected chi connectivity index (χ0v) is 9.89. The summed E-state index contributed by atoms with van der Waals surface area (Å²) in [5, 5.41) is 0. The minimum absolute atomic E-state index is 0.253. The Hall–Kier alpha value is -0.830. The first kappa shape index (κ1) is 10.7. The highest BCUT2D eigenvalue weighted by atomic mass is 16.5. The van der Waals surface area contributed by atoms with Crippen LogP contribution in [0.5, 0.6) is 0 Å². The second-order valence-corrected chi connectivity index (χ2v) is 4.51. The van der Waals surface area contributed by atoms with Crippen LogP contribution in [-0.2, 0) is 23.2 Å². The molecule has 0 saturated heterocycles. The molecule has 2 rings (SSSR count). The fourth-order valence-electron chi connectivity index (χ4n) is 2.11. The number of rotatable bonds is 3. The van der Waals surface area contributed by atoms with Gasteiger partial charge in [-0.05, 0) is 39.0 Å². The highest BCUT2D eigenvalue weighted by molar-refractivity contribution is 5.20. The third kappa shape index (κ3) is 1.81. The Morgan fingerprint density at radius 2 is 2.13 bits per heavy atom. The lowest BCUT2D eigenvalue weighted by Gasteiger charge is -2.23. The lowest BCUT2D eigenvalue weighted by atomic mass is 10.0. The zero-order chi connectivity index (χ0) is 10.9. The lowest BCUT2D eigenvalue weighted by molar-refractivity contribution is -0.00842. The summed E-state index contributed by atoms with van der Waals surface area (Å²) in [7, 11) is 1.75. The first-order chi connectivity index (χ1) is 7.19. The highest BCUT2D eigenvalue weighted by Gasteiger charge is 2.29. The summed E-state index contributed by atoms with van der Waals surface area (Å²) >= 11 is 0. The number of imidazole rings is 1. The molecule has 0 amide bonds. The van der Waals surface area contributed by atoms with Crippen LogP contribution in [0, 0.1) is 0 Å². The number of aryl methyl sites for hydroxylation is 2. The molecule has 0 fully saturated rings. The Morgan fingerprint density at radius 3 is 2.73 bits per heavy atom. The van der Waals surface area contributed by atoms with Crippen molar-refractivity contribution in [2.24, 2.45) is 0 Å². The quantitative estimate of drug-likeness (QED) is 0.829. The molecule has 3 nitrogen and oxygen atoms in total. The normalized spacial score (nSPS) is 19.7. The summed E-state index contributed by atoms with van der Waals surface area (Å²) in [6.45, 7) is 4.22. The monoisotopic (exact) mass is 208 g/mol. The molecule has 1 aliphatic carbocycles. The zero-order valence-electron chi connectivity index (χ0n) is 9.89. The fourth-order valence-corrected chi connectivity index (χ4v) is 2.11. The fraction of sp³-hybridized carbons (Fsp3) is 0.750. The van der Waals surface area contributed by atoms with Gasteiger partial charge in [0.05, 0.1) is 5.69 Å². The number of hydrogen-bond acceptors (Lipinski definition) is 2. The molecule has 0 bridgehead atoms. The van der Waals surface area contributed by atoms with E-state index in [0.717, 1.165) is 25.1 Å². The van der Waals surface area contributed by atoms with Crippen molar-refractivity contribution in [3.63, 3.8) is 0 Å². The average molecular weight is 208 g/mol. The van der Waals surface area contributed by atoms with Gasteiger partial charge in [-0.15, -0.1) is 0 Å². The van der Waals surface area contributed by atoms with E-state index in [-0.39, 0.29) is 5.60 Å². The Balaban J connectivity index is 2.32. The van der Waals surface area contributed by atoms with Crippen LogP contribution in [0.25, 0.3) is 0 Å². The van der Waals surface area contributed by atoms with Crippen LogP contribution < -0.4 is 0 Å². The predicted molar refractivity (Wildman–Crippen MR) is 59.9 cm³/mol. The smallest absolute Gasteiger partial charge is 0.138 e. The van der Waals surface area contributed by atoms with E-state index in [1.54, 1.807) is 7.11 Å². The van der Waals surface area contributed by atoms with E-state index in [1.165, 1.54) is 24.2 Å². The van der Waals surface area contributed by atoms with Crippen LogP contribution in [-0.4, -0.2) is 17.1 Å². The Morgan fingerprint density at radius 1 is 1.40 bits per heavy atom. The van der Waals surface area contributed by atoms with E-state index in [9.17, 15) is 0 Å². The Kier molecular flexibility index (Phi) is 2.83. The van der Waals surface area contributed by atoms with E-state index < -0.39 is 0 Å². The van der Waals surface area contributed by atoms with Crippen LogP contribution in [0.1, 0.15) is 50.3 Å². The molecule has 3 heteroatoms. The van der Waals surface area contributed by atoms with Gasteiger partial charge in [-0.1, -0.05) is 6.92 Å². The second-order valence-electron chi connectivity index (χ2n) is 4.51. The standard InChI is InChI=1S/C12H20N2O/c1-4-12(2,15-3)11-13-9-7-5-6-8-10(9)14-11/h4-8H2,1-3H3,(H,13,14). The number of nitrogens with zero attached hydrogens (tertiary/aromatic N) is 1. The van der Waals surface area contributed by atoms with Crippen LogP contribution in [0.2, 0.25) is 0 Å². The summed E-state index contributed by atoms with van der Waals surface area (Å²) < 4.78 is 5.56. The minimum atomic E-state index is -0.253. The van der Waals surface area contributed by atoms with Crippen molar-refractivity contribution in [2.45, 2.75) is 51.6 Å². The molecule has 0 radical (unpaired) electrons. The summed E-state index contributed by atoms with van der Waals surface area (Å²) in [5.41, 5.74) is 2.33. The number of aromatic amines is 1. The molecule has 1 aromatic heterocycles. The second kappa shape index (κ2) is 3.97. The van der Waals surface area contributed by atoms with Gasteiger partial charge in [0, 0.05) is 12.8 Å². The van der Waals surface area contributed by atoms with E-state index in [1.807, 2.05) is 0 Å². The number of hydrogen-bond donors (Lipinski definition) is 1. The molecule has 0 aliphatic heterocycles. The maximum Gasteiger partial charge on any atom is 0.138 e. The number of aromatic nitrogens is 2. The van der Waals surface area contributed by atoms with Crippen molar-refractivity contribution in [3.8, 4) is 0 Å². The number of H-pyrrole nitrogens is 1. The summed E-state index contributed by atoms with van der Waals surface area (Å²) in [4.78, 5) is 8.12. The van der Waals surface area contributed by atoms with E-state index in [2.05, 4.69) is 23.8 Å². The van der Waals surface area contributed by atoms with Crippen LogP contribution in [0.15, 0.2) is 0 Å². The predicted octanol–water partition coefficient (Wildman–Crippen LogP) is 2.56. The van der Waals surface area contributed by atoms with E-state index >= 15 is 0 Å². The SMILES string of the molecule is CCC(C)(OC)c1nc2c([nH]1)CCCC2. The van der Waals surface area contributed by atoms with Crippen LogP contribution in [0.4, 0.5) is 0 Å². The highest BCUT2D eigenvalue weighted by Crippen LogP contribution is 2.28. The van der Waals surface area contributed by atoms with Gasteiger partial charge in [0.15, 0.2) is 0 Å². The van der Waals surface area contributed by atoms with E-state index in [0.29, 0.717) is 0 Å². The van der Waals surface area contributed by atoms with Crippen molar-refractivity contribution >= 4 is 0 Å². The summed E-state index contributed by atoms with van der Waals surface area (Å²) in [6.07, 6.45) is 5.76. The average Bonchev–Trinajstić information content (AvgIpc) is 2.72. The first-order valence-corrected chi connectivity index (χ1v) is 5.83. The maximum absolute atomic E-state index is 5.56. The molecule has 1 unspecified atom stereocenters. The van der Waals surface area contributed by atoms with Gasteiger partial charge >= 0.3 is 0 Å². The molecule has 84 valence electrons. The van der Waals surface area contributed by atoms with E-state index in [4.69, 9.17) is 4.74 Å². The molecular weight excluding hydrogens is 188 g/mol. The van der Waals surface area contributed by atoms with Crippen molar-refractivity contribution in [2.75, 3.05) is 7.11 Å². The summed E-state index contributed by atoms with van der Waals surface area (Å²) in [5.74, 6) is 0.999. The molecule has 0 aromatic carbocycles. The van der Waals surface area contributed by atoms with Crippen molar-refractivity contribution in [1.29, 1.82) is 0 Å². The molecule has 15 heavy (non-hydrogen) atoms. The number of ether oxygens (including phenoxy) is 1. The van der Waals surface area contributed by atoms with Gasteiger partial charge in [-0.3, -0.25) is 0 Å². The third-order valence-corrected chi connectivity index (χ3v) is 3.58. The molecule has 1 N–H and O–H groups in total. The van der Waals surface area contributed by atoms with Crippen LogP contribution >= 0.6 is 0 Å². The van der Waals surface area contributed by atoms with Crippen LogP contribution in [0.3, 0.4) is 0 Å². The number of fused-ring (bicyclic) bond motifs is 1.